The molecule has 3 nitrogen and oxygen atoms in total. The summed E-state index contributed by atoms with van der Waals surface area (Å²) in [5.74, 6) is 0. The van der Waals surface area contributed by atoms with E-state index in [9.17, 15) is 5.11 Å². The number of hydrogen-bond donors (Lipinski definition) is 1. The van der Waals surface area contributed by atoms with Crippen LogP contribution in [0.4, 0.5) is 0 Å². The minimum Gasteiger partial charge on any atom is -0.388 e. The number of fused-ring (bicyclic) bond motifs is 1. The molecule has 1 aliphatic rings. The number of rotatable bonds is 1. The third-order valence-electron chi connectivity index (χ3n) is 4.11. The van der Waals surface area contributed by atoms with E-state index in [1.54, 1.807) is 12.1 Å². The van der Waals surface area contributed by atoms with Gasteiger partial charge in [0.1, 0.15) is 0 Å². The molecule has 0 bridgehead atoms. The van der Waals surface area contributed by atoms with Gasteiger partial charge in [-0.05, 0) is 42.5 Å². The molecule has 4 heteroatoms. The second-order valence-electron chi connectivity index (χ2n) is 6.43. The van der Waals surface area contributed by atoms with Crippen molar-refractivity contribution in [1.82, 2.24) is 4.57 Å². The molecule has 3 rings (SSSR count). The van der Waals surface area contributed by atoms with Crippen LogP contribution >= 0.6 is 11.6 Å². The van der Waals surface area contributed by atoms with E-state index in [-0.39, 0.29) is 5.41 Å². The molecule has 0 amide bonds. The molecule has 0 saturated carbocycles. The highest BCUT2D eigenvalue weighted by Crippen LogP contribution is 2.42. The quantitative estimate of drug-likeness (QED) is 0.865. The van der Waals surface area contributed by atoms with Crippen LogP contribution in [0.25, 0.3) is 5.69 Å². The van der Waals surface area contributed by atoms with Crippen molar-refractivity contribution < 1.29 is 5.11 Å². The van der Waals surface area contributed by atoms with Crippen LogP contribution in [-0.4, -0.2) is 9.67 Å². The molecule has 2 aromatic rings. The molecular formula is C17H17ClN2O. The first-order valence-corrected chi connectivity index (χ1v) is 7.37. The van der Waals surface area contributed by atoms with Gasteiger partial charge in [-0.3, -0.25) is 0 Å². The molecular weight excluding hydrogens is 284 g/mol. The van der Waals surface area contributed by atoms with Crippen molar-refractivity contribution in [2.45, 2.75) is 32.8 Å². The lowest BCUT2D eigenvalue weighted by molar-refractivity contribution is 0.0987. The number of aliphatic hydroxyl groups excluding tert-OH is 1. The van der Waals surface area contributed by atoms with Gasteiger partial charge in [0.25, 0.3) is 0 Å². The van der Waals surface area contributed by atoms with Crippen LogP contribution in [0.3, 0.4) is 0 Å². The van der Waals surface area contributed by atoms with E-state index < -0.39 is 6.10 Å². The highest BCUT2D eigenvalue weighted by Gasteiger charge is 2.33. The van der Waals surface area contributed by atoms with Crippen LogP contribution in [-0.2, 0) is 6.42 Å². The van der Waals surface area contributed by atoms with Crippen LogP contribution < -0.4 is 0 Å². The van der Waals surface area contributed by atoms with Crippen molar-refractivity contribution in [2.24, 2.45) is 5.41 Å². The number of hydrogen-bond acceptors (Lipinski definition) is 2. The molecule has 0 spiro atoms. The smallest absolute Gasteiger partial charge is 0.0992 e. The number of benzene rings is 1. The van der Waals surface area contributed by atoms with Crippen molar-refractivity contribution in [1.29, 1.82) is 5.26 Å². The van der Waals surface area contributed by atoms with E-state index >= 15 is 0 Å². The minimum atomic E-state index is -0.429. The lowest BCUT2D eigenvalue weighted by Gasteiger charge is -2.34. The Morgan fingerprint density at radius 3 is 2.81 bits per heavy atom. The highest BCUT2D eigenvalue weighted by molar-refractivity contribution is 6.32. The average Bonchev–Trinajstić information content (AvgIpc) is 2.81. The maximum Gasteiger partial charge on any atom is 0.0992 e. The molecule has 21 heavy (non-hydrogen) atoms. The van der Waals surface area contributed by atoms with Gasteiger partial charge in [-0.25, -0.2) is 0 Å². The van der Waals surface area contributed by atoms with Crippen LogP contribution in [0.15, 0.2) is 30.5 Å². The summed E-state index contributed by atoms with van der Waals surface area (Å²) in [6.45, 7) is 4.33. The summed E-state index contributed by atoms with van der Waals surface area (Å²) in [7, 11) is 0. The number of aliphatic hydroxyl groups is 1. The van der Waals surface area contributed by atoms with Gasteiger partial charge in [0.2, 0.25) is 0 Å². The van der Waals surface area contributed by atoms with Gasteiger partial charge in [0, 0.05) is 17.5 Å². The lowest BCUT2D eigenvalue weighted by atomic mass is 9.75. The van der Waals surface area contributed by atoms with Gasteiger partial charge in [0.15, 0.2) is 0 Å². The van der Waals surface area contributed by atoms with Crippen LogP contribution in [0.5, 0.6) is 0 Å². The molecule has 0 saturated heterocycles. The Morgan fingerprint density at radius 2 is 2.14 bits per heavy atom. The van der Waals surface area contributed by atoms with Crippen molar-refractivity contribution in [3.63, 3.8) is 0 Å². The Morgan fingerprint density at radius 1 is 1.38 bits per heavy atom. The molecule has 1 N–H and O–H groups in total. The first kappa shape index (κ1) is 14.2. The predicted octanol–water partition coefficient (Wildman–Crippen LogP) is 4.01. The van der Waals surface area contributed by atoms with E-state index in [0.29, 0.717) is 10.6 Å². The summed E-state index contributed by atoms with van der Waals surface area (Å²) in [6, 6.07) is 9.34. The van der Waals surface area contributed by atoms with Crippen LogP contribution in [0, 0.1) is 16.7 Å². The largest absolute Gasteiger partial charge is 0.388 e. The maximum absolute atomic E-state index is 10.3. The second-order valence-corrected chi connectivity index (χ2v) is 6.83. The number of aromatic nitrogens is 1. The fourth-order valence-corrected chi connectivity index (χ4v) is 3.40. The van der Waals surface area contributed by atoms with Crippen molar-refractivity contribution >= 4 is 11.6 Å². The number of nitrogens with zero attached hydrogens (tertiary/aromatic N) is 2. The highest BCUT2D eigenvalue weighted by atomic mass is 35.5. The SMILES string of the molecule is CC1(C)Cc2c(ccn2-c2ccc(C#N)cc2Cl)C(O)C1. The number of halogens is 1. The first-order valence-electron chi connectivity index (χ1n) is 6.99. The molecule has 1 atom stereocenters. The van der Waals surface area contributed by atoms with E-state index in [1.807, 2.05) is 22.9 Å². The van der Waals surface area contributed by atoms with Crippen LogP contribution in [0.1, 0.15) is 43.2 Å². The second kappa shape index (κ2) is 4.91. The fourth-order valence-electron chi connectivity index (χ4n) is 3.13. The molecule has 1 aromatic heterocycles. The Kier molecular flexibility index (Phi) is 3.32. The fraction of sp³-hybridized carbons (Fsp3) is 0.353. The standard InChI is InChI=1S/C17H17ClN2O/c1-17(2)8-15-12(16(21)9-17)5-6-20(15)14-4-3-11(10-19)7-13(14)18/h3-7,16,21H,8-9H2,1-2H3. The number of nitriles is 1. The molecule has 108 valence electrons. The van der Waals surface area contributed by atoms with Gasteiger partial charge in [-0.1, -0.05) is 25.4 Å². The summed E-state index contributed by atoms with van der Waals surface area (Å²) in [5.41, 5.74) is 3.54. The summed E-state index contributed by atoms with van der Waals surface area (Å²) >= 11 is 6.32. The van der Waals surface area contributed by atoms with E-state index in [2.05, 4.69) is 19.9 Å². The molecule has 1 aliphatic carbocycles. The van der Waals surface area contributed by atoms with Gasteiger partial charge in [-0.2, -0.15) is 5.26 Å². The monoisotopic (exact) mass is 300 g/mol. The van der Waals surface area contributed by atoms with Crippen molar-refractivity contribution in [2.75, 3.05) is 0 Å². The van der Waals surface area contributed by atoms with Gasteiger partial charge in [-0.15, -0.1) is 0 Å². The molecule has 1 aromatic carbocycles. The van der Waals surface area contributed by atoms with Gasteiger partial charge < -0.3 is 9.67 Å². The Labute approximate surface area is 129 Å². The van der Waals surface area contributed by atoms with Gasteiger partial charge in [0.05, 0.1) is 28.4 Å². The predicted molar refractivity (Wildman–Crippen MR) is 82.6 cm³/mol. The van der Waals surface area contributed by atoms with Crippen LogP contribution in [0.2, 0.25) is 5.02 Å². The maximum atomic E-state index is 10.3. The average molecular weight is 301 g/mol. The zero-order chi connectivity index (χ0) is 15.2. The summed E-state index contributed by atoms with van der Waals surface area (Å²) in [4.78, 5) is 0. The van der Waals surface area contributed by atoms with Gasteiger partial charge >= 0.3 is 0 Å². The topological polar surface area (TPSA) is 49.0 Å². The Bertz CT molecular complexity index is 740. The Hall–Kier alpha value is -1.76. The third-order valence-corrected chi connectivity index (χ3v) is 4.42. The first-order chi connectivity index (χ1) is 9.91. The molecule has 1 unspecified atom stereocenters. The zero-order valence-corrected chi connectivity index (χ0v) is 12.9. The van der Waals surface area contributed by atoms with Crippen molar-refractivity contribution in [3.8, 4) is 11.8 Å². The van der Waals surface area contributed by atoms with E-state index in [0.717, 1.165) is 29.8 Å². The summed E-state index contributed by atoms with van der Waals surface area (Å²) in [6.07, 6.45) is 3.18. The summed E-state index contributed by atoms with van der Waals surface area (Å²) < 4.78 is 2.03. The molecule has 0 radical (unpaired) electrons. The zero-order valence-electron chi connectivity index (χ0n) is 12.1. The summed E-state index contributed by atoms with van der Waals surface area (Å²) in [5, 5.41) is 19.8. The normalized spacial score (nSPS) is 19.9. The van der Waals surface area contributed by atoms with Crippen molar-refractivity contribution in [3.05, 3.63) is 52.3 Å². The van der Waals surface area contributed by atoms with E-state index in [1.165, 1.54) is 0 Å². The molecule has 0 fully saturated rings. The van der Waals surface area contributed by atoms with E-state index in [4.69, 9.17) is 16.9 Å². The minimum absolute atomic E-state index is 0.0571. The molecule has 1 heterocycles. The lowest BCUT2D eigenvalue weighted by Crippen LogP contribution is -2.26. The Balaban J connectivity index is 2.12. The third kappa shape index (κ3) is 2.46. The molecule has 0 aliphatic heterocycles.